The highest BCUT2D eigenvalue weighted by Crippen LogP contribution is 2.40. The summed E-state index contributed by atoms with van der Waals surface area (Å²) in [6.45, 7) is 4.92. The molecule has 0 amide bonds. The molecule has 0 saturated carbocycles. The van der Waals surface area contributed by atoms with Crippen molar-refractivity contribution in [1.82, 2.24) is 19.9 Å². The van der Waals surface area contributed by atoms with Gasteiger partial charge in [-0.25, -0.2) is 9.97 Å². The number of anilines is 1. The van der Waals surface area contributed by atoms with Crippen LogP contribution in [-0.2, 0) is 21.8 Å². The first-order valence-corrected chi connectivity index (χ1v) is 11.6. The lowest BCUT2D eigenvalue weighted by molar-refractivity contribution is -0.189. The summed E-state index contributed by atoms with van der Waals surface area (Å²) in [5, 5.41) is 4.38. The van der Waals surface area contributed by atoms with Gasteiger partial charge in [0.05, 0.1) is 30.7 Å². The van der Waals surface area contributed by atoms with Crippen molar-refractivity contribution in [2.75, 3.05) is 44.3 Å². The predicted molar refractivity (Wildman–Crippen MR) is 126 cm³/mol. The van der Waals surface area contributed by atoms with Crippen molar-refractivity contribution in [3.8, 4) is 5.75 Å². The van der Waals surface area contributed by atoms with Crippen molar-refractivity contribution in [2.24, 2.45) is 0 Å². The van der Waals surface area contributed by atoms with Crippen LogP contribution in [0.2, 0.25) is 10.0 Å². The van der Waals surface area contributed by atoms with E-state index in [0.717, 1.165) is 32.0 Å². The van der Waals surface area contributed by atoms with Crippen molar-refractivity contribution in [3.63, 3.8) is 0 Å². The van der Waals surface area contributed by atoms with E-state index in [9.17, 15) is 0 Å². The second kappa shape index (κ2) is 9.87. The normalized spacial score (nSPS) is 23.1. The van der Waals surface area contributed by atoms with Gasteiger partial charge in [-0.3, -0.25) is 0 Å². The smallest absolute Gasteiger partial charge is 0.215 e. The number of hydrogen-bond donors (Lipinski definition) is 1. The van der Waals surface area contributed by atoms with Gasteiger partial charge in [0.2, 0.25) is 5.79 Å². The first kappa shape index (κ1) is 22.4. The molecule has 0 spiro atoms. The maximum Gasteiger partial charge on any atom is 0.215 e. The number of ether oxygens (including phenoxy) is 3. The first-order chi connectivity index (χ1) is 16.1. The standard InChI is InChI=1S/C23H25Cl2N5O3/c24-17-1-3-20(21(25)11-17)23(15-29-8-5-27-16-29)32-14-19(33-23)13-31-18-2-4-22(28-12-18)30-9-6-26-7-10-30/h1-5,8,11-12,16,19,26H,6-7,9-10,13-15H2/t19-,23-/m1/s1. The molecule has 2 aliphatic rings. The molecule has 0 bridgehead atoms. The number of rotatable bonds is 7. The average molecular weight is 490 g/mol. The Hall–Kier alpha value is -2.36. The molecule has 2 saturated heterocycles. The van der Waals surface area contributed by atoms with E-state index in [-0.39, 0.29) is 6.10 Å². The van der Waals surface area contributed by atoms with Gasteiger partial charge in [0.25, 0.3) is 0 Å². The summed E-state index contributed by atoms with van der Waals surface area (Å²) >= 11 is 12.6. The molecule has 2 aliphatic heterocycles. The number of nitrogens with zero attached hydrogens (tertiary/aromatic N) is 4. The van der Waals surface area contributed by atoms with E-state index < -0.39 is 5.79 Å². The SMILES string of the molecule is Clc1ccc([C@]2(Cn3ccnc3)OC[C@@H](COc3ccc(N4CCNCC4)nc3)O2)c(Cl)c1. The summed E-state index contributed by atoms with van der Waals surface area (Å²) in [6, 6.07) is 9.24. The number of imidazole rings is 1. The summed E-state index contributed by atoms with van der Waals surface area (Å²) < 4.78 is 20.5. The molecule has 2 aromatic heterocycles. The van der Waals surface area contributed by atoms with Crippen LogP contribution in [-0.4, -0.2) is 60.0 Å². The third-order valence-corrected chi connectivity index (χ3v) is 6.30. The highest BCUT2D eigenvalue weighted by molar-refractivity contribution is 6.35. The van der Waals surface area contributed by atoms with Crippen molar-refractivity contribution in [3.05, 3.63) is 70.9 Å². The van der Waals surface area contributed by atoms with Gasteiger partial charge in [-0.15, -0.1) is 0 Å². The van der Waals surface area contributed by atoms with Crippen LogP contribution < -0.4 is 15.0 Å². The zero-order valence-corrected chi connectivity index (χ0v) is 19.5. The molecular formula is C23H25Cl2N5O3. The van der Waals surface area contributed by atoms with Crippen LogP contribution in [0.3, 0.4) is 0 Å². The summed E-state index contributed by atoms with van der Waals surface area (Å²) in [4.78, 5) is 10.9. The molecule has 5 rings (SSSR count). The molecule has 1 N–H and O–H groups in total. The third kappa shape index (κ3) is 5.10. The van der Waals surface area contributed by atoms with Gasteiger partial charge < -0.3 is 29.0 Å². The number of hydrogen-bond acceptors (Lipinski definition) is 7. The predicted octanol–water partition coefficient (Wildman–Crippen LogP) is 3.34. The first-order valence-electron chi connectivity index (χ1n) is 10.9. The van der Waals surface area contributed by atoms with Gasteiger partial charge in [-0.2, -0.15) is 0 Å². The second-order valence-corrected chi connectivity index (χ2v) is 8.91. The van der Waals surface area contributed by atoms with Crippen LogP contribution in [0.25, 0.3) is 0 Å². The number of aromatic nitrogens is 3. The Morgan fingerprint density at radius 1 is 1.18 bits per heavy atom. The molecule has 4 heterocycles. The highest BCUT2D eigenvalue weighted by atomic mass is 35.5. The number of benzene rings is 1. The van der Waals surface area contributed by atoms with Crippen LogP contribution in [0.5, 0.6) is 5.75 Å². The highest BCUT2D eigenvalue weighted by Gasteiger charge is 2.45. The van der Waals surface area contributed by atoms with E-state index in [1.54, 1.807) is 30.9 Å². The minimum Gasteiger partial charge on any atom is -0.489 e. The van der Waals surface area contributed by atoms with E-state index in [1.807, 2.05) is 29.0 Å². The van der Waals surface area contributed by atoms with Crippen molar-refractivity contribution in [2.45, 2.75) is 18.4 Å². The summed E-state index contributed by atoms with van der Waals surface area (Å²) in [5.74, 6) is 0.580. The van der Waals surface area contributed by atoms with Crippen molar-refractivity contribution >= 4 is 29.0 Å². The fourth-order valence-electron chi connectivity index (χ4n) is 4.10. The van der Waals surface area contributed by atoms with E-state index in [2.05, 4.69) is 20.2 Å². The molecule has 2 fully saturated rings. The Kier molecular flexibility index (Phi) is 6.71. The maximum absolute atomic E-state index is 6.52. The molecule has 2 atom stereocenters. The summed E-state index contributed by atoms with van der Waals surface area (Å²) in [5.41, 5.74) is 0.715. The molecule has 0 aliphatic carbocycles. The largest absolute Gasteiger partial charge is 0.489 e. The van der Waals surface area contributed by atoms with Crippen LogP contribution in [0.15, 0.2) is 55.2 Å². The van der Waals surface area contributed by atoms with Crippen molar-refractivity contribution in [1.29, 1.82) is 0 Å². The quantitative estimate of drug-likeness (QED) is 0.545. The van der Waals surface area contributed by atoms with Crippen LogP contribution in [0, 0.1) is 0 Å². The molecular weight excluding hydrogens is 465 g/mol. The lowest BCUT2D eigenvalue weighted by Crippen LogP contribution is -2.43. The minimum absolute atomic E-state index is 0.284. The maximum atomic E-state index is 6.52. The Morgan fingerprint density at radius 2 is 2.06 bits per heavy atom. The van der Waals surface area contributed by atoms with Gasteiger partial charge in [0.1, 0.15) is 24.3 Å². The Labute approximate surface area is 202 Å². The van der Waals surface area contributed by atoms with Gasteiger partial charge in [0, 0.05) is 49.2 Å². The number of halogens is 2. The van der Waals surface area contributed by atoms with Crippen LogP contribution in [0.4, 0.5) is 5.82 Å². The average Bonchev–Trinajstić information content (AvgIpc) is 3.49. The monoisotopic (exact) mass is 489 g/mol. The van der Waals surface area contributed by atoms with Gasteiger partial charge in [0.15, 0.2) is 0 Å². The van der Waals surface area contributed by atoms with Gasteiger partial charge >= 0.3 is 0 Å². The topological polar surface area (TPSA) is 73.7 Å². The van der Waals surface area contributed by atoms with E-state index in [4.69, 9.17) is 37.4 Å². The molecule has 0 unspecified atom stereocenters. The van der Waals surface area contributed by atoms with Crippen LogP contribution in [0.1, 0.15) is 5.56 Å². The number of piperazine rings is 1. The van der Waals surface area contributed by atoms with Gasteiger partial charge in [-0.1, -0.05) is 29.3 Å². The molecule has 8 nitrogen and oxygen atoms in total. The minimum atomic E-state index is -1.07. The zero-order valence-electron chi connectivity index (χ0n) is 18.0. The Balaban J connectivity index is 1.26. The molecule has 0 radical (unpaired) electrons. The van der Waals surface area contributed by atoms with Crippen LogP contribution >= 0.6 is 23.2 Å². The summed E-state index contributed by atoms with van der Waals surface area (Å²) in [6.07, 6.45) is 6.75. The lowest BCUT2D eigenvalue weighted by atomic mass is 10.1. The number of nitrogens with one attached hydrogen (secondary N) is 1. The fraction of sp³-hybridized carbons (Fsp3) is 0.391. The molecule has 10 heteroatoms. The third-order valence-electron chi connectivity index (χ3n) is 5.75. The Bertz CT molecular complexity index is 1060. The lowest BCUT2D eigenvalue weighted by Gasteiger charge is -2.30. The Morgan fingerprint density at radius 3 is 2.79 bits per heavy atom. The molecule has 174 valence electrons. The van der Waals surface area contributed by atoms with E-state index in [1.165, 1.54) is 0 Å². The fourth-order valence-corrected chi connectivity index (χ4v) is 4.66. The zero-order chi connectivity index (χ0) is 22.7. The molecule has 1 aromatic carbocycles. The van der Waals surface area contributed by atoms with E-state index >= 15 is 0 Å². The van der Waals surface area contributed by atoms with Gasteiger partial charge in [-0.05, 0) is 24.3 Å². The van der Waals surface area contributed by atoms with E-state index in [0.29, 0.717) is 41.1 Å². The molecule has 33 heavy (non-hydrogen) atoms. The molecule has 3 aromatic rings. The van der Waals surface area contributed by atoms with Crippen molar-refractivity contribution < 1.29 is 14.2 Å². The summed E-state index contributed by atoms with van der Waals surface area (Å²) in [7, 11) is 0. The second-order valence-electron chi connectivity index (χ2n) is 8.06. The number of pyridine rings is 1.